The first-order valence-electron chi connectivity index (χ1n) is 6.04. The van der Waals surface area contributed by atoms with Crippen molar-refractivity contribution < 1.29 is 9.47 Å². The fourth-order valence-electron chi connectivity index (χ4n) is 1.25. The lowest BCUT2D eigenvalue weighted by Gasteiger charge is -2.16. The zero-order chi connectivity index (χ0) is 12.8. The van der Waals surface area contributed by atoms with Gasteiger partial charge in [-0.1, -0.05) is 33.8 Å². The van der Waals surface area contributed by atoms with Crippen molar-refractivity contribution in [2.24, 2.45) is 11.8 Å². The van der Waals surface area contributed by atoms with Crippen LogP contribution in [-0.2, 0) is 0 Å². The van der Waals surface area contributed by atoms with E-state index in [1.54, 1.807) is 0 Å². The summed E-state index contributed by atoms with van der Waals surface area (Å²) in [5.41, 5.74) is 0. The van der Waals surface area contributed by atoms with Gasteiger partial charge in [0.25, 0.3) is 0 Å². The van der Waals surface area contributed by atoms with Gasteiger partial charge < -0.3 is 9.47 Å². The zero-order valence-corrected chi connectivity index (χ0v) is 12.6. The number of hydrogen-bond donors (Lipinski definition) is 0. The average molecular weight is 301 g/mol. The van der Waals surface area contributed by atoms with Crippen LogP contribution >= 0.6 is 15.9 Å². The quantitative estimate of drug-likeness (QED) is 0.769. The molecule has 1 aromatic carbocycles. The standard InChI is InChI=1S/C14H21BrO2/c1-10(2)8-16-13-7-5-6-12(15)14(13)17-9-11(3)4/h5-7,10-11H,8-9H2,1-4H3. The highest BCUT2D eigenvalue weighted by molar-refractivity contribution is 9.10. The van der Waals surface area contributed by atoms with Crippen molar-refractivity contribution in [3.05, 3.63) is 22.7 Å². The summed E-state index contributed by atoms with van der Waals surface area (Å²) in [7, 11) is 0. The number of rotatable bonds is 6. The molecule has 0 N–H and O–H groups in total. The van der Waals surface area contributed by atoms with Gasteiger partial charge in [-0.25, -0.2) is 0 Å². The molecule has 0 amide bonds. The Morgan fingerprint density at radius 1 is 1.00 bits per heavy atom. The maximum Gasteiger partial charge on any atom is 0.175 e. The Morgan fingerprint density at radius 2 is 1.59 bits per heavy atom. The van der Waals surface area contributed by atoms with E-state index in [1.165, 1.54) is 0 Å². The van der Waals surface area contributed by atoms with Gasteiger partial charge in [0.1, 0.15) is 0 Å². The van der Waals surface area contributed by atoms with Crippen LogP contribution in [-0.4, -0.2) is 13.2 Å². The third-order valence-electron chi connectivity index (χ3n) is 2.06. The van der Waals surface area contributed by atoms with E-state index >= 15 is 0 Å². The first-order valence-corrected chi connectivity index (χ1v) is 6.84. The van der Waals surface area contributed by atoms with Gasteiger partial charge >= 0.3 is 0 Å². The lowest BCUT2D eigenvalue weighted by Crippen LogP contribution is -2.09. The Balaban J connectivity index is 2.76. The molecule has 0 aliphatic carbocycles. The van der Waals surface area contributed by atoms with Gasteiger partial charge in [-0.3, -0.25) is 0 Å². The first-order chi connectivity index (χ1) is 8.00. The molecule has 3 heteroatoms. The summed E-state index contributed by atoms with van der Waals surface area (Å²) < 4.78 is 12.5. The van der Waals surface area contributed by atoms with E-state index in [2.05, 4.69) is 43.6 Å². The maximum atomic E-state index is 5.79. The van der Waals surface area contributed by atoms with Gasteiger partial charge in [0.15, 0.2) is 11.5 Å². The van der Waals surface area contributed by atoms with E-state index in [0.717, 1.165) is 16.0 Å². The second-order valence-corrected chi connectivity index (χ2v) is 5.83. The summed E-state index contributed by atoms with van der Waals surface area (Å²) in [5.74, 6) is 2.63. The summed E-state index contributed by atoms with van der Waals surface area (Å²) in [5, 5.41) is 0. The predicted octanol–water partition coefficient (Wildman–Crippen LogP) is 4.52. The van der Waals surface area contributed by atoms with Gasteiger partial charge in [-0.2, -0.15) is 0 Å². The average Bonchev–Trinajstić information content (AvgIpc) is 2.24. The first kappa shape index (κ1) is 14.4. The number of para-hydroxylation sites is 1. The Kier molecular flexibility index (Phi) is 5.83. The summed E-state index contributed by atoms with van der Waals surface area (Å²) in [6.45, 7) is 9.92. The molecule has 0 bridgehead atoms. The van der Waals surface area contributed by atoms with Crippen LogP contribution in [0.3, 0.4) is 0 Å². The molecule has 0 spiro atoms. The lowest BCUT2D eigenvalue weighted by molar-refractivity contribution is 0.228. The molecule has 0 radical (unpaired) electrons. The lowest BCUT2D eigenvalue weighted by atomic mass is 10.2. The molecule has 0 fully saturated rings. The third kappa shape index (κ3) is 4.99. The molecule has 1 rings (SSSR count). The molecule has 0 atom stereocenters. The number of halogens is 1. The fraction of sp³-hybridized carbons (Fsp3) is 0.571. The minimum Gasteiger partial charge on any atom is -0.489 e. The third-order valence-corrected chi connectivity index (χ3v) is 2.69. The maximum absolute atomic E-state index is 5.79. The van der Waals surface area contributed by atoms with Crippen molar-refractivity contribution in [2.45, 2.75) is 27.7 Å². The minimum atomic E-state index is 0.500. The van der Waals surface area contributed by atoms with Crippen LogP contribution in [0, 0.1) is 11.8 Å². The SMILES string of the molecule is CC(C)COc1cccc(Br)c1OCC(C)C. The second-order valence-electron chi connectivity index (χ2n) is 4.98. The van der Waals surface area contributed by atoms with Crippen LogP contribution in [0.5, 0.6) is 11.5 Å². The van der Waals surface area contributed by atoms with Crippen LogP contribution in [0.1, 0.15) is 27.7 Å². The molecule has 17 heavy (non-hydrogen) atoms. The molecule has 0 aliphatic heterocycles. The van der Waals surface area contributed by atoms with Crippen LogP contribution < -0.4 is 9.47 Å². The van der Waals surface area contributed by atoms with Crippen molar-refractivity contribution in [2.75, 3.05) is 13.2 Å². The van der Waals surface area contributed by atoms with Crippen molar-refractivity contribution in [1.82, 2.24) is 0 Å². The van der Waals surface area contributed by atoms with Gasteiger partial charge in [0.2, 0.25) is 0 Å². The largest absolute Gasteiger partial charge is 0.489 e. The van der Waals surface area contributed by atoms with Gasteiger partial charge in [0, 0.05) is 0 Å². The Labute approximate surface area is 112 Å². The second kappa shape index (κ2) is 6.90. The molecular formula is C14H21BrO2. The monoisotopic (exact) mass is 300 g/mol. The summed E-state index contributed by atoms with van der Waals surface area (Å²) in [4.78, 5) is 0. The van der Waals surface area contributed by atoms with Crippen LogP contribution in [0.25, 0.3) is 0 Å². The summed E-state index contributed by atoms with van der Waals surface area (Å²) in [6, 6.07) is 5.88. The topological polar surface area (TPSA) is 18.5 Å². The molecule has 0 heterocycles. The number of benzene rings is 1. The van der Waals surface area contributed by atoms with Crippen LogP contribution in [0.15, 0.2) is 22.7 Å². The highest BCUT2D eigenvalue weighted by atomic mass is 79.9. The zero-order valence-electron chi connectivity index (χ0n) is 11.0. The fourth-order valence-corrected chi connectivity index (χ4v) is 1.71. The highest BCUT2D eigenvalue weighted by Gasteiger charge is 2.10. The van der Waals surface area contributed by atoms with Gasteiger partial charge in [-0.05, 0) is 39.9 Å². The van der Waals surface area contributed by atoms with Crippen molar-refractivity contribution in [3.63, 3.8) is 0 Å². The predicted molar refractivity (Wildman–Crippen MR) is 74.8 cm³/mol. The molecule has 0 aliphatic rings. The van der Waals surface area contributed by atoms with Crippen molar-refractivity contribution in [1.29, 1.82) is 0 Å². The molecule has 96 valence electrons. The Morgan fingerprint density at radius 3 is 2.18 bits per heavy atom. The number of ether oxygens (including phenoxy) is 2. The van der Waals surface area contributed by atoms with E-state index in [1.807, 2.05) is 18.2 Å². The van der Waals surface area contributed by atoms with Crippen molar-refractivity contribution in [3.8, 4) is 11.5 Å². The van der Waals surface area contributed by atoms with Gasteiger partial charge in [-0.15, -0.1) is 0 Å². The molecule has 0 saturated carbocycles. The van der Waals surface area contributed by atoms with Crippen LogP contribution in [0.2, 0.25) is 0 Å². The molecule has 2 nitrogen and oxygen atoms in total. The van der Waals surface area contributed by atoms with E-state index in [9.17, 15) is 0 Å². The summed E-state index contributed by atoms with van der Waals surface area (Å²) in [6.07, 6.45) is 0. The Hall–Kier alpha value is -0.700. The Bertz CT molecular complexity index is 348. The summed E-state index contributed by atoms with van der Waals surface area (Å²) >= 11 is 3.50. The van der Waals surface area contributed by atoms with E-state index in [0.29, 0.717) is 25.0 Å². The van der Waals surface area contributed by atoms with Crippen molar-refractivity contribution >= 4 is 15.9 Å². The smallest absolute Gasteiger partial charge is 0.175 e. The van der Waals surface area contributed by atoms with Gasteiger partial charge in [0.05, 0.1) is 17.7 Å². The van der Waals surface area contributed by atoms with E-state index in [4.69, 9.17) is 9.47 Å². The normalized spacial score (nSPS) is 11.0. The van der Waals surface area contributed by atoms with E-state index < -0.39 is 0 Å². The minimum absolute atomic E-state index is 0.500. The molecule has 0 saturated heterocycles. The molecule has 0 unspecified atom stereocenters. The molecular weight excluding hydrogens is 280 g/mol. The highest BCUT2D eigenvalue weighted by Crippen LogP contribution is 2.35. The van der Waals surface area contributed by atoms with E-state index in [-0.39, 0.29) is 0 Å². The van der Waals surface area contributed by atoms with Crippen LogP contribution in [0.4, 0.5) is 0 Å². The molecule has 1 aromatic rings. The molecule has 0 aromatic heterocycles. The number of hydrogen-bond acceptors (Lipinski definition) is 2.